The zero-order chi connectivity index (χ0) is 14.0. The molecule has 0 saturated carbocycles. The normalized spacial score (nSPS) is 18.6. The highest BCUT2D eigenvalue weighted by Crippen LogP contribution is 2.22. The number of carbonyl (C=O) groups is 2. The number of benzene rings is 1. The lowest BCUT2D eigenvalue weighted by molar-refractivity contribution is -0.141. The zero-order valence-corrected chi connectivity index (χ0v) is 10.7. The fraction of sp³-hybridized carbons (Fsp3) is 0.429. The fourth-order valence-electron chi connectivity index (χ4n) is 2.48. The number of aliphatic carboxylic acids is 1. The molecule has 2 rings (SSSR count). The molecular weight excluding hydrogens is 249 g/mol. The molecular formula is C14H16FNO3. The first kappa shape index (κ1) is 13.5. The van der Waals surface area contributed by atoms with Crippen LogP contribution in [0.3, 0.4) is 0 Å². The number of carboxylic acid groups (broad SMARTS) is 1. The second-order valence-corrected chi connectivity index (χ2v) is 4.65. The first-order valence-electron chi connectivity index (χ1n) is 6.36. The Labute approximate surface area is 110 Å². The maximum Gasteiger partial charge on any atom is 0.326 e. The number of halogens is 1. The quantitative estimate of drug-likeness (QED) is 0.910. The van der Waals surface area contributed by atoms with Crippen LogP contribution in [0.2, 0.25) is 0 Å². The van der Waals surface area contributed by atoms with Crippen molar-refractivity contribution in [1.82, 2.24) is 4.90 Å². The summed E-state index contributed by atoms with van der Waals surface area (Å²) < 4.78 is 13.3. The average molecular weight is 265 g/mol. The number of carboxylic acids is 1. The Bertz CT molecular complexity index is 515. The highest BCUT2D eigenvalue weighted by molar-refractivity contribution is 5.98. The molecule has 1 amide bonds. The smallest absolute Gasteiger partial charge is 0.326 e. The molecule has 1 fully saturated rings. The van der Waals surface area contributed by atoms with E-state index in [0.717, 1.165) is 5.56 Å². The van der Waals surface area contributed by atoms with Gasteiger partial charge in [0.15, 0.2) is 0 Å². The first-order chi connectivity index (χ1) is 9.04. The molecule has 19 heavy (non-hydrogen) atoms. The summed E-state index contributed by atoms with van der Waals surface area (Å²) in [6.07, 6.45) is 1.73. The molecule has 5 heteroatoms. The largest absolute Gasteiger partial charge is 0.480 e. The number of hydrogen-bond acceptors (Lipinski definition) is 2. The van der Waals surface area contributed by atoms with E-state index in [1.807, 2.05) is 6.92 Å². The van der Waals surface area contributed by atoms with Crippen LogP contribution >= 0.6 is 0 Å². The molecule has 0 aliphatic carbocycles. The fourth-order valence-corrected chi connectivity index (χ4v) is 2.48. The summed E-state index contributed by atoms with van der Waals surface area (Å²) in [5.74, 6) is -1.87. The standard InChI is InChI=1S/C14H16FNO3/c1-2-9-5-6-10(15)8-11(9)13(17)16-7-3-4-12(16)14(18)19/h5-6,8,12H,2-4,7H2,1H3,(H,18,19). The van der Waals surface area contributed by atoms with Gasteiger partial charge in [-0.15, -0.1) is 0 Å². The number of rotatable bonds is 3. The predicted octanol–water partition coefficient (Wildman–Crippen LogP) is 2.08. The summed E-state index contributed by atoms with van der Waals surface area (Å²) in [6.45, 7) is 2.29. The van der Waals surface area contributed by atoms with E-state index in [2.05, 4.69) is 0 Å². The highest BCUT2D eigenvalue weighted by Gasteiger charge is 2.35. The molecule has 0 spiro atoms. The van der Waals surface area contributed by atoms with E-state index in [9.17, 15) is 14.0 Å². The minimum absolute atomic E-state index is 0.274. The molecule has 1 aromatic rings. The third-order valence-corrected chi connectivity index (χ3v) is 3.48. The van der Waals surface area contributed by atoms with Crippen LogP contribution in [0, 0.1) is 5.82 Å². The molecule has 1 heterocycles. The Balaban J connectivity index is 2.33. The van der Waals surface area contributed by atoms with Crippen LogP contribution in [-0.4, -0.2) is 34.5 Å². The van der Waals surface area contributed by atoms with Gasteiger partial charge in [-0.25, -0.2) is 9.18 Å². The lowest BCUT2D eigenvalue weighted by atomic mass is 10.0. The third-order valence-electron chi connectivity index (χ3n) is 3.48. The van der Waals surface area contributed by atoms with Crippen LogP contribution in [0.4, 0.5) is 4.39 Å². The van der Waals surface area contributed by atoms with Gasteiger partial charge < -0.3 is 10.0 Å². The predicted molar refractivity (Wildman–Crippen MR) is 67.5 cm³/mol. The number of likely N-dealkylation sites (tertiary alicyclic amines) is 1. The summed E-state index contributed by atoms with van der Waals surface area (Å²) in [7, 11) is 0. The summed E-state index contributed by atoms with van der Waals surface area (Å²) in [6, 6.07) is 3.29. The van der Waals surface area contributed by atoms with Crippen molar-refractivity contribution in [2.45, 2.75) is 32.2 Å². The molecule has 4 nitrogen and oxygen atoms in total. The van der Waals surface area contributed by atoms with Crippen LogP contribution in [0.1, 0.15) is 35.7 Å². The molecule has 0 bridgehead atoms. The van der Waals surface area contributed by atoms with Gasteiger partial charge in [0.2, 0.25) is 0 Å². The van der Waals surface area contributed by atoms with Gasteiger partial charge in [0, 0.05) is 12.1 Å². The minimum atomic E-state index is -1.000. The number of carbonyl (C=O) groups excluding carboxylic acids is 1. The molecule has 102 valence electrons. The highest BCUT2D eigenvalue weighted by atomic mass is 19.1. The number of hydrogen-bond donors (Lipinski definition) is 1. The van der Waals surface area contributed by atoms with Gasteiger partial charge in [-0.3, -0.25) is 4.79 Å². The van der Waals surface area contributed by atoms with E-state index in [1.165, 1.54) is 17.0 Å². The van der Waals surface area contributed by atoms with Crippen molar-refractivity contribution in [3.05, 3.63) is 35.1 Å². The number of nitrogens with zero attached hydrogens (tertiary/aromatic N) is 1. The summed E-state index contributed by atoms with van der Waals surface area (Å²) in [5, 5.41) is 9.09. The Kier molecular flexibility index (Phi) is 3.83. The SMILES string of the molecule is CCc1ccc(F)cc1C(=O)N1CCCC1C(=O)O. The molecule has 1 atom stereocenters. The van der Waals surface area contributed by atoms with E-state index < -0.39 is 17.8 Å². The monoisotopic (exact) mass is 265 g/mol. The Morgan fingerprint density at radius 1 is 1.47 bits per heavy atom. The van der Waals surface area contributed by atoms with Crippen LogP contribution in [0.5, 0.6) is 0 Å². The minimum Gasteiger partial charge on any atom is -0.480 e. The molecule has 1 unspecified atom stereocenters. The van der Waals surface area contributed by atoms with Gasteiger partial charge >= 0.3 is 5.97 Å². The maximum absolute atomic E-state index is 13.3. The Morgan fingerprint density at radius 2 is 2.21 bits per heavy atom. The molecule has 0 radical (unpaired) electrons. The summed E-state index contributed by atoms with van der Waals surface area (Å²) in [5.41, 5.74) is 1.01. The molecule has 1 saturated heterocycles. The first-order valence-corrected chi connectivity index (χ1v) is 6.36. The number of amides is 1. The van der Waals surface area contributed by atoms with Gasteiger partial charge in [0.25, 0.3) is 5.91 Å². The van der Waals surface area contributed by atoms with E-state index >= 15 is 0 Å². The van der Waals surface area contributed by atoms with Crippen molar-refractivity contribution in [3.63, 3.8) is 0 Å². The van der Waals surface area contributed by atoms with Crippen LogP contribution < -0.4 is 0 Å². The molecule has 1 aliphatic heterocycles. The molecule has 1 aliphatic rings. The van der Waals surface area contributed by atoms with Crippen molar-refractivity contribution in [2.24, 2.45) is 0 Å². The van der Waals surface area contributed by atoms with E-state index in [-0.39, 0.29) is 11.5 Å². The van der Waals surface area contributed by atoms with Gasteiger partial charge in [0.05, 0.1) is 0 Å². The lowest BCUT2D eigenvalue weighted by Gasteiger charge is -2.22. The van der Waals surface area contributed by atoms with Crippen molar-refractivity contribution >= 4 is 11.9 Å². The molecule has 1 N–H and O–H groups in total. The summed E-state index contributed by atoms with van der Waals surface area (Å²) in [4.78, 5) is 24.8. The second-order valence-electron chi connectivity index (χ2n) is 4.65. The van der Waals surface area contributed by atoms with Crippen LogP contribution in [0.25, 0.3) is 0 Å². The second kappa shape index (κ2) is 5.38. The van der Waals surface area contributed by atoms with Crippen LogP contribution in [0.15, 0.2) is 18.2 Å². The maximum atomic E-state index is 13.3. The van der Waals surface area contributed by atoms with Gasteiger partial charge in [-0.2, -0.15) is 0 Å². The van der Waals surface area contributed by atoms with Crippen molar-refractivity contribution in [3.8, 4) is 0 Å². The van der Waals surface area contributed by atoms with E-state index in [0.29, 0.717) is 25.8 Å². The zero-order valence-electron chi connectivity index (χ0n) is 10.7. The Morgan fingerprint density at radius 3 is 2.84 bits per heavy atom. The van der Waals surface area contributed by atoms with E-state index in [4.69, 9.17) is 5.11 Å². The average Bonchev–Trinajstić information content (AvgIpc) is 2.87. The Hall–Kier alpha value is -1.91. The summed E-state index contributed by atoms with van der Waals surface area (Å²) >= 11 is 0. The van der Waals surface area contributed by atoms with Gasteiger partial charge in [-0.1, -0.05) is 13.0 Å². The van der Waals surface area contributed by atoms with E-state index in [1.54, 1.807) is 6.07 Å². The van der Waals surface area contributed by atoms with Gasteiger partial charge in [0.1, 0.15) is 11.9 Å². The topological polar surface area (TPSA) is 57.6 Å². The van der Waals surface area contributed by atoms with Crippen molar-refractivity contribution < 1.29 is 19.1 Å². The van der Waals surface area contributed by atoms with Crippen molar-refractivity contribution in [2.75, 3.05) is 6.54 Å². The van der Waals surface area contributed by atoms with Gasteiger partial charge in [-0.05, 0) is 37.0 Å². The number of aryl methyl sites for hydroxylation is 1. The third kappa shape index (κ3) is 2.59. The lowest BCUT2D eigenvalue weighted by Crippen LogP contribution is -2.40. The molecule has 1 aromatic carbocycles. The van der Waals surface area contributed by atoms with Crippen LogP contribution in [-0.2, 0) is 11.2 Å². The van der Waals surface area contributed by atoms with Crippen molar-refractivity contribution in [1.29, 1.82) is 0 Å². The molecule has 0 aromatic heterocycles.